The van der Waals surface area contributed by atoms with Crippen LogP contribution in [0.1, 0.15) is 101 Å². The van der Waals surface area contributed by atoms with Crippen LogP contribution >= 0.6 is 37.9 Å². The Hall–Kier alpha value is -0.235. The van der Waals surface area contributed by atoms with Crippen LogP contribution in [0, 0.1) is 23.7 Å². The van der Waals surface area contributed by atoms with Crippen LogP contribution < -0.4 is 4.74 Å². The molecule has 7 heteroatoms. The van der Waals surface area contributed by atoms with E-state index < -0.39 is 5.60 Å². The summed E-state index contributed by atoms with van der Waals surface area (Å²) in [6.07, 6.45) is 7.89. The topological polar surface area (TPSA) is 46.5 Å². The fourth-order valence-corrected chi connectivity index (χ4v) is 12.0. The molecule has 0 amide bonds. The van der Waals surface area contributed by atoms with Gasteiger partial charge in [0.25, 0.3) is 0 Å². The number of rotatable bonds is 4. The maximum absolute atomic E-state index is 14.1. The number of ether oxygens (including phenoxy) is 1. The normalized spacial score (nSPS) is 49.1. The molecule has 37 heavy (non-hydrogen) atoms. The summed E-state index contributed by atoms with van der Waals surface area (Å²) in [6, 6.07) is 5.94. The Bertz CT molecular complexity index is 1130. The van der Waals surface area contributed by atoms with E-state index in [0.29, 0.717) is 13.0 Å². The van der Waals surface area contributed by atoms with Gasteiger partial charge in [0.15, 0.2) is 5.78 Å². The lowest BCUT2D eigenvalue weighted by atomic mass is 9.34. The van der Waals surface area contributed by atoms with Crippen LogP contribution in [-0.4, -0.2) is 45.2 Å². The number of hydrogen-bond acceptors (Lipinski definition) is 6. The molecule has 8 atom stereocenters. The number of Topliss-reactive ketones (excluding diaryl/α,β-unsaturated/α-hetero) is 1. The molecule has 5 rings (SSSR count). The van der Waals surface area contributed by atoms with Gasteiger partial charge in [-0.1, -0.05) is 32.4 Å². The third-order valence-corrected chi connectivity index (χ3v) is 15.6. The van der Waals surface area contributed by atoms with Gasteiger partial charge >= 0.3 is 0 Å². The highest BCUT2D eigenvalue weighted by Gasteiger charge is 2.78. The molecular formula is C30H45BO3S3. The van der Waals surface area contributed by atoms with Crippen molar-refractivity contribution in [3.05, 3.63) is 29.3 Å². The summed E-state index contributed by atoms with van der Waals surface area (Å²) in [5, 5.41) is 10.9. The zero-order valence-electron chi connectivity index (χ0n) is 23.5. The number of hydrogen-bond donors (Lipinski definition) is 4. The second kappa shape index (κ2) is 8.63. The second-order valence-corrected chi connectivity index (χ2v) is 16.3. The molecule has 0 saturated heterocycles. The lowest BCUT2D eigenvalue weighted by Gasteiger charge is -2.76. The Morgan fingerprint density at radius 3 is 2.38 bits per heavy atom. The molecule has 0 bridgehead atoms. The molecule has 4 saturated carbocycles. The highest BCUT2D eigenvalue weighted by molar-refractivity contribution is 7.87. The lowest BCUT2D eigenvalue weighted by molar-refractivity contribution is -0.0977. The van der Waals surface area contributed by atoms with E-state index in [2.05, 4.69) is 21.7 Å². The van der Waals surface area contributed by atoms with Gasteiger partial charge in [0.1, 0.15) is 13.6 Å². The Balaban J connectivity index is 1.53. The van der Waals surface area contributed by atoms with Crippen LogP contribution in [-0.2, 0) is 0 Å². The number of carbonyl (C=O) groups is 1. The number of benzene rings is 1. The van der Waals surface area contributed by atoms with Gasteiger partial charge in [-0.15, -0.1) is 0 Å². The van der Waals surface area contributed by atoms with Gasteiger partial charge in [-0.25, -0.2) is 0 Å². The molecule has 3 nitrogen and oxygen atoms in total. The van der Waals surface area contributed by atoms with Crippen LogP contribution in [0.5, 0.6) is 5.75 Å². The van der Waals surface area contributed by atoms with E-state index >= 15 is 0 Å². The van der Waals surface area contributed by atoms with Crippen LogP contribution in [0.25, 0.3) is 0 Å². The number of carbonyl (C=O) groups excluding carboxylic acids is 1. The monoisotopic (exact) mass is 560 g/mol. The Labute approximate surface area is 241 Å². The van der Waals surface area contributed by atoms with E-state index in [0.717, 1.165) is 68.2 Å². The Morgan fingerprint density at radius 2 is 1.70 bits per heavy atom. The highest BCUT2D eigenvalue weighted by Crippen LogP contribution is 2.82. The average Bonchev–Trinajstić information content (AvgIpc) is 3.11. The molecule has 204 valence electrons. The summed E-state index contributed by atoms with van der Waals surface area (Å²) in [6.45, 7) is 11.3. The number of fused-ring (bicyclic) bond motifs is 5. The molecule has 4 aliphatic carbocycles. The maximum Gasteiger partial charge on any atom is 0.166 e. The first kappa shape index (κ1) is 28.3. The summed E-state index contributed by atoms with van der Waals surface area (Å²) in [5.41, 5.74) is 0.810. The van der Waals surface area contributed by atoms with Crippen molar-refractivity contribution in [1.29, 1.82) is 0 Å². The summed E-state index contributed by atoms with van der Waals surface area (Å²) in [4.78, 5) is 14.1. The van der Waals surface area contributed by atoms with Crippen LogP contribution in [0.15, 0.2) is 18.2 Å². The molecule has 0 heterocycles. The van der Waals surface area contributed by atoms with Crippen molar-refractivity contribution in [1.82, 2.24) is 0 Å². The fourth-order valence-electron chi connectivity index (χ4n) is 9.56. The summed E-state index contributed by atoms with van der Waals surface area (Å²) >= 11 is 16.7. The zero-order valence-corrected chi connectivity index (χ0v) is 26.2. The average molecular weight is 561 g/mol. The van der Waals surface area contributed by atoms with Gasteiger partial charge in [-0.2, -0.15) is 37.9 Å². The molecule has 1 aromatic carbocycles. The first-order chi connectivity index (χ1) is 17.0. The van der Waals surface area contributed by atoms with E-state index in [1.807, 2.05) is 39.0 Å². The van der Waals surface area contributed by atoms with Gasteiger partial charge in [0, 0.05) is 25.7 Å². The Morgan fingerprint density at radius 1 is 1.03 bits per heavy atom. The first-order valence-corrected chi connectivity index (χ1v) is 15.5. The van der Waals surface area contributed by atoms with Gasteiger partial charge < -0.3 is 9.84 Å². The molecule has 0 radical (unpaired) electrons. The van der Waals surface area contributed by atoms with Crippen molar-refractivity contribution < 1.29 is 14.6 Å². The minimum atomic E-state index is -0.686. The number of aryl methyl sites for hydroxylation is 1. The third-order valence-electron chi connectivity index (χ3n) is 12.3. The third kappa shape index (κ3) is 3.51. The lowest BCUT2D eigenvalue weighted by Crippen LogP contribution is -2.76. The molecule has 4 aliphatic rings. The van der Waals surface area contributed by atoms with E-state index in [1.165, 1.54) is 0 Å². The van der Waals surface area contributed by atoms with Crippen molar-refractivity contribution in [3.8, 4) is 5.75 Å². The van der Waals surface area contributed by atoms with Gasteiger partial charge in [0.05, 0.1) is 12.2 Å². The molecular weight excluding hydrogens is 515 g/mol. The fraction of sp³-hybridized carbons (Fsp3) is 0.767. The van der Waals surface area contributed by atoms with E-state index in [-0.39, 0.29) is 42.1 Å². The standard InChI is InChI=1S/C30H45BO3S3/c1-6-34-22-17-20(8-7-19(22)2)23(32)21-9-10-28(31)25(21,4)12-15-29(36)26(5)13-11-24(3,33)18-27(26,35)14-16-30(28,29)37/h7-8,17,21,33,35-37H,6,9-16,18,31H2,1-5H3/t21?,24-,25?,26?,27?,28+,29+,30?/m1/s1. The van der Waals surface area contributed by atoms with Crippen molar-refractivity contribution in [3.63, 3.8) is 0 Å². The number of aliphatic hydroxyl groups is 1. The smallest absolute Gasteiger partial charge is 0.166 e. The quantitative estimate of drug-likeness (QED) is 0.198. The first-order valence-electron chi connectivity index (χ1n) is 14.2. The minimum absolute atomic E-state index is 0.0424. The Kier molecular flexibility index (Phi) is 6.60. The van der Waals surface area contributed by atoms with Crippen molar-refractivity contribution in [2.24, 2.45) is 16.7 Å². The second-order valence-electron chi connectivity index (χ2n) is 13.9. The summed E-state index contributed by atoms with van der Waals surface area (Å²) in [7, 11) is 2.41. The number of ketones is 1. The van der Waals surface area contributed by atoms with Crippen LogP contribution in [0.4, 0.5) is 0 Å². The predicted octanol–water partition coefficient (Wildman–Crippen LogP) is 6.32. The SMILES string of the molecule is B[C@@]12CCC(C(=O)c3ccc(C)c(OCC)c3)C1(C)CC[C@]1(S)C3(C)CC[C@@](C)(O)CC3(S)CCC21S. The molecule has 0 aromatic heterocycles. The van der Waals surface area contributed by atoms with Crippen molar-refractivity contribution >= 4 is 51.5 Å². The van der Waals surface area contributed by atoms with Gasteiger partial charge in [-0.3, -0.25) is 4.79 Å². The van der Waals surface area contributed by atoms with Crippen molar-refractivity contribution in [2.45, 2.75) is 118 Å². The summed E-state index contributed by atoms with van der Waals surface area (Å²) < 4.78 is 4.88. The van der Waals surface area contributed by atoms with E-state index in [1.54, 1.807) is 0 Å². The maximum atomic E-state index is 14.1. The molecule has 1 N–H and O–H groups in total. The summed E-state index contributed by atoms with van der Waals surface area (Å²) in [5.74, 6) is 1.01. The number of thiol groups is 3. The van der Waals surface area contributed by atoms with E-state index in [9.17, 15) is 9.90 Å². The predicted molar refractivity (Wildman–Crippen MR) is 165 cm³/mol. The van der Waals surface area contributed by atoms with E-state index in [4.69, 9.17) is 42.6 Å². The molecule has 1 aromatic rings. The van der Waals surface area contributed by atoms with Crippen LogP contribution in [0.2, 0.25) is 5.31 Å². The van der Waals surface area contributed by atoms with Gasteiger partial charge in [0.2, 0.25) is 0 Å². The largest absolute Gasteiger partial charge is 0.494 e. The van der Waals surface area contributed by atoms with Crippen molar-refractivity contribution in [2.75, 3.05) is 6.61 Å². The highest BCUT2D eigenvalue weighted by atomic mass is 32.1. The molecule has 0 aliphatic heterocycles. The van der Waals surface area contributed by atoms with Gasteiger partial charge in [-0.05, 0) is 99.9 Å². The van der Waals surface area contributed by atoms with Crippen LogP contribution in [0.3, 0.4) is 0 Å². The molecule has 5 unspecified atom stereocenters. The zero-order chi connectivity index (χ0) is 27.3. The molecule has 0 spiro atoms. The minimum Gasteiger partial charge on any atom is -0.494 e. The molecule has 4 fully saturated rings.